The van der Waals surface area contributed by atoms with Gasteiger partial charge in [-0.15, -0.1) is 12.4 Å². The average Bonchev–Trinajstić information content (AvgIpc) is 2.92. The number of amides is 1. The molecule has 1 aliphatic rings. The molecule has 1 aromatic rings. The van der Waals surface area contributed by atoms with Crippen molar-refractivity contribution in [2.45, 2.75) is 38.3 Å². The van der Waals surface area contributed by atoms with Crippen LogP contribution in [0, 0.1) is 0 Å². The van der Waals surface area contributed by atoms with Crippen molar-refractivity contribution in [2.24, 2.45) is 0 Å². The maximum Gasteiger partial charge on any atom is 0.224 e. The normalized spacial score (nSPS) is 17.6. The van der Waals surface area contributed by atoms with E-state index in [4.69, 9.17) is 4.74 Å². The van der Waals surface area contributed by atoms with Crippen LogP contribution in [0.25, 0.3) is 0 Å². The maximum atomic E-state index is 11.8. The van der Waals surface area contributed by atoms with E-state index in [1.54, 1.807) is 0 Å². The standard InChI is InChI=1S/C15H22N2O2.ClH/c1-16-11-12-4-6-13(7-5-12)17-15(18)9-8-14-3-2-10-19-14;/h4-7,14,16H,2-3,8-11H2,1H3,(H,17,18);1H. The van der Waals surface area contributed by atoms with Gasteiger partial charge in [0.25, 0.3) is 0 Å². The SMILES string of the molecule is CNCc1ccc(NC(=O)CCC2CCCO2)cc1.Cl. The first-order chi connectivity index (χ1) is 9.28. The van der Waals surface area contributed by atoms with Crippen LogP contribution in [-0.4, -0.2) is 25.7 Å². The van der Waals surface area contributed by atoms with E-state index in [9.17, 15) is 4.79 Å². The molecular formula is C15H23ClN2O2. The molecule has 1 heterocycles. The number of nitrogens with one attached hydrogen (secondary N) is 2. The van der Waals surface area contributed by atoms with Gasteiger partial charge in [-0.1, -0.05) is 12.1 Å². The van der Waals surface area contributed by atoms with Crippen LogP contribution in [0.2, 0.25) is 0 Å². The van der Waals surface area contributed by atoms with Gasteiger partial charge in [0.05, 0.1) is 6.10 Å². The second-order valence-corrected chi connectivity index (χ2v) is 4.95. The van der Waals surface area contributed by atoms with E-state index in [0.29, 0.717) is 6.42 Å². The summed E-state index contributed by atoms with van der Waals surface area (Å²) in [6.07, 6.45) is 3.85. The topological polar surface area (TPSA) is 50.4 Å². The lowest BCUT2D eigenvalue weighted by molar-refractivity contribution is -0.116. The van der Waals surface area contributed by atoms with Gasteiger partial charge in [-0.25, -0.2) is 0 Å². The second-order valence-electron chi connectivity index (χ2n) is 4.95. The lowest BCUT2D eigenvalue weighted by atomic mass is 10.1. The number of ether oxygens (including phenoxy) is 1. The van der Waals surface area contributed by atoms with Crippen LogP contribution in [0.4, 0.5) is 5.69 Å². The van der Waals surface area contributed by atoms with Crippen LogP contribution in [0.3, 0.4) is 0 Å². The summed E-state index contributed by atoms with van der Waals surface area (Å²) in [6.45, 7) is 1.69. The summed E-state index contributed by atoms with van der Waals surface area (Å²) in [5, 5.41) is 6.01. The van der Waals surface area contributed by atoms with E-state index in [-0.39, 0.29) is 24.4 Å². The fourth-order valence-corrected chi connectivity index (χ4v) is 2.30. The van der Waals surface area contributed by atoms with E-state index in [1.165, 1.54) is 5.56 Å². The van der Waals surface area contributed by atoms with Crippen molar-refractivity contribution >= 4 is 24.0 Å². The van der Waals surface area contributed by atoms with E-state index in [0.717, 1.165) is 38.1 Å². The molecule has 20 heavy (non-hydrogen) atoms. The van der Waals surface area contributed by atoms with Crippen molar-refractivity contribution in [1.29, 1.82) is 0 Å². The van der Waals surface area contributed by atoms with Crippen molar-refractivity contribution in [3.8, 4) is 0 Å². The van der Waals surface area contributed by atoms with E-state index in [1.807, 2.05) is 31.3 Å². The van der Waals surface area contributed by atoms with Crippen molar-refractivity contribution in [3.05, 3.63) is 29.8 Å². The number of hydrogen-bond donors (Lipinski definition) is 2. The zero-order valence-electron chi connectivity index (χ0n) is 11.9. The van der Waals surface area contributed by atoms with Crippen molar-refractivity contribution in [2.75, 3.05) is 19.0 Å². The Bertz CT molecular complexity index is 403. The Morgan fingerprint density at radius 3 is 2.70 bits per heavy atom. The number of hydrogen-bond acceptors (Lipinski definition) is 3. The van der Waals surface area contributed by atoms with Gasteiger partial charge >= 0.3 is 0 Å². The summed E-state index contributed by atoms with van der Waals surface area (Å²) in [4.78, 5) is 11.8. The Balaban J connectivity index is 0.00000200. The Morgan fingerprint density at radius 1 is 1.35 bits per heavy atom. The minimum absolute atomic E-state index is 0. The summed E-state index contributed by atoms with van der Waals surface area (Å²) >= 11 is 0. The minimum atomic E-state index is 0. The smallest absolute Gasteiger partial charge is 0.224 e. The third kappa shape index (κ3) is 5.49. The summed E-state index contributed by atoms with van der Waals surface area (Å²) in [5.74, 6) is 0.0665. The Morgan fingerprint density at radius 2 is 2.10 bits per heavy atom. The molecule has 0 saturated carbocycles. The summed E-state index contributed by atoms with van der Waals surface area (Å²) in [6, 6.07) is 7.92. The molecule has 2 rings (SSSR count). The molecule has 5 heteroatoms. The van der Waals surface area contributed by atoms with Gasteiger partial charge in [-0.3, -0.25) is 4.79 Å². The molecule has 1 fully saturated rings. The fraction of sp³-hybridized carbons (Fsp3) is 0.533. The van der Waals surface area contributed by atoms with Crippen LogP contribution in [0.15, 0.2) is 24.3 Å². The lowest BCUT2D eigenvalue weighted by Gasteiger charge is -2.09. The predicted molar refractivity (Wildman–Crippen MR) is 83.3 cm³/mol. The summed E-state index contributed by atoms with van der Waals surface area (Å²) in [7, 11) is 1.92. The van der Waals surface area contributed by atoms with E-state index < -0.39 is 0 Å². The first-order valence-electron chi connectivity index (χ1n) is 6.93. The van der Waals surface area contributed by atoms with Gasteiger partial charge in [-0.2, -0.15) is 0 Å². The number of carbonyl (C=O) groups is 1. The first kappa shape index (κ1) is 17.0. The quantitative estimate of drug-likeness (QED) is 0.849. The first-order valence-corrected chi connectivity index (χ1v) is 6.93. The van der Waals surface area contributed by atoms with E-state index in [2.05, 4.69) is 10.6 Å². The molecule has 0 aromatic heterocycles. The molecule has 2 N–H and O–H groups in total. The maximum absolute atomic E-state index is 11.8. The molecule has 1 saturated heterocycles. The molecule has 0 radical (unpaired) electrons. The molecule has 0 aliphatic carbocycles. The highest BCUT2D eigenvalue weighted by Gasteiger charge is 2.16. The van der Waals surface area contributed by atoms with Gasteiger partial charge in [0, 0.05) is 25.3 Å². The van der Waals surface area contributed by atoms with Crippen LogP contribution in [0.1, 0.15) is 31.2 Å². The summed E-state index contributed by atoms with van der Waals surface area (Å²) in [5.41, 5.74) is 2.07. The molecule has 1 amide bonds. The molecule has 1 unspecified atom stereocenters. The Hall–Kier alpha value is -1.10. The molecule has 0 bridgehead atoms. The summed E-state index contributed by atoms with van der Waals surface area (Å²) < 4.78 is 5.51. The van der Waals surface area contributed by atoms with Crippen molar-refractivity contribution < 1.29 is 9.53 Å². The third-order valence-corrected chi connectivity index (χ3v) is 3.34. The molecule has 0 spiro atoms. The zero-order valence-corrected chi connectivity index (χ0v) is 12.7. The number of carbonyl (C=O) groups excluding carboxylic acids is 1. The molecule has 4 nitrogen and oxygen atoms in total. The van der Waals surface area contributed by atoms with Crippen LogP contribution < -0.4 is 10.6 Å². The monoisotopic (exact) mass is 298 g/mol. The molecule has 112 valence electrons. The van der Waals surface area contributed by atoms with Crippen LogP contribution >= 0.6 is 12.4 Å². The molecule has 1 atom stereocenters. The molecule has 1 aromatic carbocycles. The highest BCUT2D eigenvalue weighted by atomic mass is 35.5. The Labute approximate surface area is 126 Å². The Kier molecular flexibility index (Phi) is 7.59. The molecule has 1 aliphatic heterocycles. The zero-order chi connectivity index (χ0) is 13.5. The van der Waals surface area contributed by atoms with Gasteiger partial charge in [0.1, 0.15) is 0 Å². The van der Waals surface area contributed by atoms with Gasteiger partial charge in [0.15, 0.2) is 0 Å². The van der Waals surface area contributed by atoms with Crippen LogP contribution in [-0.2, 0) is 16.1 Å². The number of benzene rings is 1. The van der Waals surface area contributed by atoms with Gasteiger partial charge < -0.3 is 15.4 Å². The highest BCUT2D eigenvalue weighted by molar-refractivity contribution is 5.90. The van der Waals surface area contributed by atoms with Gasteiger partial charge in [-0.05, 0) is 44.0 Å². The average molecular weight is 299 g/mol. The van der Waals surface area contributed by atoms with Crippen molar-refractivity contribution in [3.63, 3.8) is 0 Å². The highest BCUT2D eigenvalue weighted by Crippen LogP contribution is 2.17. The number of rotatable bonds is 6. The van der Waals surface area contributed by atoms with Crippen molar-refractivity contribution in [1.82, 2.24) is 5.32 Å². The van der Waals surface area contributed by atoms with E-state index >= 15 is 0 Å². The fourth-order valence-electron chi connectivity index (χ4n) is 2.30. The largest absolute Gasteiger partial charge is 0.378 e. The number of anilines is 1. The number of halogens is 1. The predicted octanol–water partition coefficient (Wildman–Crippen LogP) is 2.73. The third-order valence-electron chi connectivity index (χ3n) is 3.34. The van der Waals surface area contributed by atoms with Crippen LogP contribution in [0.5, 0.6) is 0 Å². The lowest BCUT2D eigenvalue weighted by Crippen LogP contribution is -2.15. The second kappa shape index (κ2) is 8.95. The molecular weight excluding hydrogens is 276 g/mol. The minimum Gasteiger partial charge on any atom is -0.378 e. The van der Waals surface area contributed by atoms with Gasteiger partial charge in [0.2, 0.25) is 5.91 Å².